The van der Waals surface area contributed by atoms with Gasteiger partial charge in [-0.3, -0.25) is 4.79 Å². The number of carbonyl (C=O) groups excluding carboxylic acids is 1. The van der Waals surface area contributed by atoms with E-state index in [2.05, 4.69) is 0 Å². The summed E-state index contributed by atoms with van der Waals surface area (Å²) in [7, 11) is 0. The number of hydrogen-bond donors (Lipinski definition) is 0. The van der Waals surface area contributed by atoms with Gasteiger partial charge in [-0.2, -0.15) is 13.2 Å². The normalized spacial score (nSPS) is 23.2. The lowest BCUT2D eigenvalue weighted by atomic mass is 9.91. The van der Waals surface area contributed by atoms with Gasteiger partial charge >= 0.3 is 6.18 Å². The van der Waals surface area contributed by atoms with Crippen LogP contribution >= 0.6 is 0 Å². The fourth-order valence-corrected chi connectivity index (χ4v) is 1.21. The third kappa shape index (κ3) is 2.72. The molecule has 1 aliphatic rings. The summed E-state index contributed by atoms with van der Waals surface area (Å²) in [5.74, 6) is -1.45. The molecule has 0 radical (unpaired) electrons. The van der Waals surface area contributed by atoms with E-state index < -0.39 is 24.3 Å². The first-order valence-electron chi connectivity index (χ1n) is 3.86. The smallest absolute Gasteiger partial charge is 0.294 e. The van der Waals surface area contributed by atoms with Crippen LogP contribution in [0, 0.1) is 5.92 Å². The highest BCUT2D eigenvalue weighted by atomic mass is 19.4. The Kier molecular flexibility index (Phi) is 2.59. The van der Waals surface area contributed by atoms with E-state index in [0.29, 0.717) is 5.57 Å². The molecule has 0 N–H and O–H groups in total. The van der Waals surface area contributed by atoms with Crippen molar-refractivity contribution in [2.45, 2.75) is 19.5 Å². The van der Waals surface area contributed by atoms with Crippen molar-refractivity contribution in [3.63, 3.8) is 0 Å². The molecule has 0 aromatic rings. The second-order valence-electron chi connectivity index (χ2n) is 3.02. The molecular formula is C9H9F3O. The van der Waals surface area contributed by atoms with Crippen LogP contribution in [0.1, 0.15) is 13.3 Å². The highest BCUT2D eigenvalue weighted by Gasteiger charge is 2.34. The minimum Gasteiger partial charge on any atom is -0.294 e. The first-order valence-corrected chi connectivity index (χ1v) is 3.86. The molecule has 0 amide bonds. The van der Waals surface area contributed by atoms with Crippen molar-refractivity contribution in [3.8, 4) is 0 Å². The van der Waals surface area contributed by atoms with Gasteiger partial charge in [-0.15, -0.1) is 0 Å². The molecule has 0 aliphatic heterocycles. The van der Waals surface area contributed by atoms with Crippen LogP contribution in [0.5, 0.6) is 0 Å². The van der Waals surface area contributed by atoms with E-state index in [-0.39, 0.29) is 0 Å². The fourth-order valence-electron chi connectivity index (χ4n) is 1.21. The van der Waals surface area contributed by atoms with E-state index in [1.54, 1.807) is 0 Å². The maximum Gasteiger partial charge on any atom is 0.390 e. The van der Waals surface area contributed by atoms with Crippen LogP contribution in [-0.4, -0.2) is 12.0 Å². The van der Waals surface area contributed by atoms with Gasteiger partial charge < -0.3 is 0 Å². The molecule has 0 aromatic carbocycles. The summed E-state index contributed by atoms with van der Waals surface area (Å²) < 4.78 is 35.8. The van der Waals surface area contributed by atoms with Crippen LogP contribution in [0.2, 0.25) is 0 Å². The summed E-state index contributed by atoms with van der Waals surface area (Å²) in [4.78, 5) is 11.2. The Hall–Kier alpha value is -1.06. The van der Waals surface area contributed by atoms with Gasteiger partial charge in [0.2, 0.25) is 0 Å². The largest absolute Gasteiger partial charge is 0.390 e. The number of Topliss-reactive ketones (excluding diaryl/α,β-unsaturated/α-hetero) is 1. The molecule has 1 nitrogen and oxygen atoms in total. The van der Waals surface area contributed by atoms with Gasteiger partial charge in [-0.05, 0) is 12.5 Å². The number of rotatable bonds is 1. The van der Waals surface area contributed by atoms with Gasteiger partial charge in [0.25, 0.3) is 0 Å². The average Bonchev–Trinajstić information content (AvgIpc) is 1.96. The monoisotopic (exact) mass is 190 g/mol. The number of ketones is 1. The molecule has 1 unspecified atom stereocenters. The second-order valence-corrected chi connectivity index (χ2v) is 3.02. The van der Waals surface area contributed by atoms with E-state index in [4.69, 9.17) is 0 Å². The van der Waals surface area contributed by atoms with E-state index in [1.165, 1.54) is 25.2 Å². The maximum atomic E-state index is 11.9. The Morgan fingerprint density at radius 2 is 2.08 bits per heavy atom. The minimum atomic E-state index is -4.28. The van der Waals surface area contributed by atoms with Crippen molar-refractivity contribution in [1.29, 1.82) is 0 Å². The zero-order chi connectivity index (χ0) is 10.1. The number of allylic oxidation sites excluding steroid dienone is 4. The van der Waals surface area contributed by atoms with Crippen molar-refractivity contribution in [2.75, 3.05) is 0 Å². The van der Waals surface area contributed by atoms with Crippen molar-refractivity contribution in [2.24, 2.45) is 5.92 Å². The molecule has 0 bridgehead atoms. The third-order valence-electron chi connectivity index (χ3n) is 1.87. The molecule has 1 atom stereocenters. The van der Waals surface area contributed by atoms with Crippen LogP contribution in [0.3, 0.4) is 0 Å². The summed E-state index contributed by atoms with van der Waals surface area (Å²) in [6, 6.07) is 0. The van der Waals surface area contributed by atoms with Crippen LogP contribution in [-0.2, 0) is 4.79 Å². The first-order chi connectivity index (χ1) is 5.90. The lowest BCUT2D eigenvalue weighted by Crippen LogP contribution is -2.22. The molecule has 13 heavy (non-hydrogen) atoms. The quantitative estimate of drug-likeness (QED) is 0.621. The molecule has 72 valence electrons. The topological polar surface area (TPSA) is 17.1 Å². The molecule has 1 rings (SSSR count). The molecule has 0 fully saturated rings. The first kappa shape index (κ1) is 10.0. The Balaban J connectivity index is 2.69. The lowest BCUT2D eigenvalue weighted by Gasteiger charge is -2.16. The van der Waals surface area contributed by atoms with Crippen molar-refractivity contribution in [3.05, 3.63) is 23.8 Å². The fraction of sp³-hybridized carbons (Fsp3) is 0.444. The minimum absolute atomic E-state index is 0.386. The molecule has 0 saturated heterocycles. The number of carbonyl (C=O) groups is 1. The zero-order valence-corrected chi connectivity index (χ0v) is 7.06. The second kappa shape index (κ2) is 3.36. The molecule has 0 spiro atoms. The number of hydrogen-bond acceptors (Lipinski definition) is 1. The highest BCUT2D eigenvalue weighted by Crippen LogP contribution is 2.28. The van der Waals surface area contributed by atoms with E-state index in [0.717, 1.165) is 0 Å². The van der Waals surface area contributed by atoms with E-state index in [1.807, 2.05) is 0 Å². The molecule has 4 heteroatoms. The summed E-state index contributed by atoms with van der Waals surface area (Å²) >= 11 is 0. The number of halogens is 3. The van der Waals surface area contributed by atoms with Crippen molar-refractivity contribution in [1.82, 2.24) is 0 Å². The van der Waals surface area contributed by atoms with E-state index in [9.17, 15) is 18.0 Å². The molecule has 1 aliphatic carbocycles. The predicted octanol–water partition coefficient (Wildman–Crippen LogP) is 2.64. The van der Waals surface area contributed by atoms with Crippen LogP contribution in [0.4, 0.5) is 13.2 Å². The van der Waals surface area contributed by atoms with Gasteiger partial charge in [0, 0.05) is 5.92 Å². The Morgan fingerprint density at radius 3 is 2.62 bits per heavy atom. The molecule has 0 heterocycles. The van der Waals surface area contributed by atoms with Gasteiger partial charge in [0.1, 0.15) is 0 Å². The average molecular weight is 190 g/mol. The number of alkyl halides is 3. The predicted molar refractivity (Wildman–Crippen MR) is 42.1 cm³/mol. The molecule has 0 aromatic heterocycles. The van der Waals surface area contributed by atoms with E-state index >= 15 is 0 Å². The van der Waals surface area contributed by atoms with Crippen LogP contribution in [0.25, 0.3) is 0 Å². The Labute approximate surface area is 73.9 Å². The lowest BCUT2D eigenvalue weighted by molar-refractivity contribution is -0.148. The van der Waals surface area contributed by atoms with Crippen molar-refractivity contribution >= 4 is 5.78 Å². The summed E-state index contributed by atoms with van der Waals surface area (Å²) in [6.45, 7) is 1.52. The van der Waals surface area contributed by atoms with Crippen LogP contribution in [0.15, 0.2) is 23.8 Å². The SMILES string of the molecule is CC1=CC=CC(CC(F)(F)F)C1=O. The Bertz CT molecular complexity index is 273. The van der Waals surface area contributed by atoms with Crippen molar-refractivity contribution < 1.29 is 18.0 Å². The van der Waals surface area contributed by atoms with Crippen LogP contribution < -0.4 is 0 Å². The summed E-state index contributed by atoms with van der Waals surface area (Å²) in [5, 5.41) is 0. The van der Waals surface area contributed by atoms with Gasteiger partial charge in [-0.1, -0.05) is 18.2 Å². The highest BCUT2D eigenvalue weighted by molar-refractivity contribution is 5.99. The molecular weight excluding hydrogens is 181 g/mol. The Morgan fingerprint density at radius 1 is 1.46 bits per heavy atom. The van der Waals surface area contributed by atoms with Gasteiger partial charge in [0.05, 0.1) is 6.42 Å². The van der Waals surface area contributed by atoms with Gasteiger partial charge in [0.15, 0.2) is 5.78 Å². The summed E-state index contributed by atoms with van der Waals surface area (Å²) in [6.07, 6.45) is -1.03. The zero-order valence-electron chi connectivity index (χ0n) is 7.06. The standard InChI is InChI=1S/C9H9F3O/c1-6-3-2-4-7(8(6)13)5-9(10,11)12/h2-4,7H,5H2,1H3. The molecule has 0 saturated carbocycles. The third-order valence-corrected chi connectivity index (χ3v) is 1.87. The summed E-state index contributed by atoms with van der Waals surface area (Å²) in [5.41, 5.74) is 0.386. The van der Waals surface area contributed by atoms with Gasteiger partial charge in [-0.25, -0.2) is 0 Å². The maximum absolute atomic E-state index is 11.9.